The van der Waals surface area contributed by atoms with Gasteiger partial charge in [0, 0.05) is 30.5 Å². The van der Waals surface area contributed by atoms with Gasteiger partial charge in [-0.15, -0.1) is 0 Å². The molecule has 0 atom stereocenters. The number of nitrogens with one attached hydrogen (secondary N) is 3. The third-order valence-corrected chi connectivity index (χ3v) is 5.19. The molecule has 3 amide bonds. The summed E-state index contributed by atoms with van der Waals surface area (Å²) in [5.74, 6) is 0.653. The second kappa shape index (κ2) is 9.63. The van der Waals surface area contributed by atoms with Gasteiger partial charge < -0.3 is 16.0 Å². The highest BCUT2D eigenvalue weighted by Gasteiger charge is 2.25. The molecule has 0 unspecified atom stereocenters. The number of carbonyl (C=O) groups excluding carboxylic acids is 2. The number of carbonyl (C=O) groups is 2. The molecular weight excluding hydrogens is 366 g/mol. The number of hydrogen-bond donors (Lipinski definition) is 3. The number of nitrogens with zero attached hydrogens (tertiary/aromatic N) is 2. The zero-order chi connectivity index (χ0) is 21.7. The van der Waals surface area contributed by atoms with Crippen LogP contribution in [0.3, 0.4) is 0 Å². The Hall–Kier alpha value is -2.05. The number of urea groups is 1. The number of anilines is 1. The smallest absolute Gasteiger partial charge is 0.315 e. The van der Waals surface area contributed by atoms with Crippen molar-refractivity contribution in [2.75, 3.05) is 11.9 Å². The van der Waals surface area contributed by atoms with Crippen LogP contribution in [0.5, 0.6) is 0 Å². The molecule has 0 aromatic carbocycles. The molecule has 1 heterocycles. The fourth-order valence-electron chi connectivity index (χ4n) is 3.49. The fourth-order valence-corrected chi connectivity index (χ4v) is 3.49. The number of amides is 3. The molecule has 0 aliphatic heterocycles. The van der Waals surface area contributed by atoms with Gasteiger partial charge in [-0.05, 0) is 40.0 Å². The predicted octanol–water partition coefficient (Wildman–Crippen LogP) is 4.29. The summed E-state index contributed by atoms with van der Waals surface area (Å²) in [6, 6.07) is 2.12. The van der Waals surface area contributed by atoms with E-state index in [1.165, 1.54) is 19.3 Å². The second-order valence-corrected chi connectivity index (χ2v) is 10.1. The highest BCUT2D eigenvalue weighted by atomic mass is 16.2. The van der Waals surface area contributed by atoms with Crippen molar-refractivity contribution in [3.8, 4) is 0 Å². The first-order valence-corrected chi connectivity index (χ1v) is 10.9. The molecule has 0 bridgehead atoms. The molecule has 1 aromatic heterocycles. The lowest BCUT2D eigenvalue weighted by atomic mass is 9.92. The Bertz CT molecular complexity index is 691. The standard InChI is InChI=1S/C22H39N5O2/c1-21(2,3)17-15-18(27(26-17)22(4,5)6)25-19(28)13-10-14-23-20(29)24-16-11-8-7-9-12-16/h15-16H,7-14H2,1-6H3,(H,25,28)(H2,23,24,29). The summed E-state index contributed by atoms with van der Waals surface area (Å²) in [5.41, 5.74) is 0.625. The van der Waals surface area contributed by atoms with Crippen molar-refractivity contribution in [3.63, 3.8) is 0 Å². The van der Waals surface area contributed by atoms with Crippen molar-refractivity contribution in [2.24, 2.45) is 0 Å². The van der Waals surface area contributed by atoms with Crippen LogP contribution in [-0.4, -0.2) is 34.3 Å². The van der Waals surface area contributed by atoms with Crippen LogP contribution in [0.15, 0.2) is 6.07 Å². The quantitative estimate of drug-likeness (QED) is 0.617. The molecule has 0 spiro atoms. The van der Waals surface area contributed by atoms with E-state index in [-0.39, 0.29) is 22.9 Å². The first kappa shape index (κ1) is 23.2. The third kappa shape index (κ3) is 7.37. The highest BCUT2D eigenvalue weighted by molar-refractivity contribution is 5.90. The fraction of sp³-hybridized carbons (Fsp3) is 0.773. The van der Waals surface area contributed by atoms with Gasteiger partial charge in [0.25, 0.3) is 0 Å². The Morgan fingerprint density at radius 3 is 2.34 bits per heavy atom. The lowest BCUT2D eigenvalue weighted by Gasteiger charge is -2.23. The molecule has 0 saturated heterocycles. The van der Waals surface area contributed by atoms with E-state index in [1.807, 2.05) is 10.7 Å². The first-order chi connectivity index (χ1) is 13.5. The van der Waals surface area contributed by atoms with Crippen molar-refractivity contribution < 1.29 is 9.59 Å². The van der Waals surface area contributed by atoms with Crippen LogP contribution in [-0.2, 0) is 15.7 Å². The van der Waals surface area contributed by atoms with Gasteiger partial charge in [-0.25, -0.2) is 9.48 Å². The lowest BCUT2D eigenvalue weighted by molar-refractivity contribution is -0.116. The predicted molar refractivity (Wildman–Crippen MR) is 117 cm³/mol. The number of hydrogen-bond acceptors (Lipinski definition) is 3. The van der Waals surface area contributed by atoms with Crippen molar-refractivity contribution in [1.82, 2.24) is 20.4 Å². The molecule has 164 valence electrons. The molecule has 0 radical (unpaired) electrons. The van der Waals surface area contributed by atoms with E-state index in [0.29, 0.717) is 25.4 Å². The minimum absolute atomic E-state index is 0.0645. The third-order valence-electron chi connectivity index (χ3n) is 5.19. The minimum atomic E-state index is -0.231. The van der Waals surface area contributed by atoms with Crippen molar-refractivity contribution in [2.45, 2.75) is 103 Å². The molecule has 1 fully saturated rings. The topological polar surface area (TPSA) is 88.0 Å². The van der Waals surface area contributed by atoms with Gasteiger partial charge >= 0.3 is 6.03 Å². The zero-order valence-electron chi connectivity index (χ0n) is 19.0. The molecule has 3 N–H and O–H groups in total. The van der Waals surface area contributed by atoms with E-state index in [9.17, 15) is 9.59 Å². The van der Waals surface area contributed by atoms with Crippen LogP contribution in [0.4, 0.5) is 10.6 Å². The second-order valence-electron chi connectivity index (χ2n) is 10.1. The van der Waals surface area contributed by atoms with Gasteiger partial charge in [0.05, 0.1) is 11.2 Å². The van der Waals surface area contributed by atoms with E-state index in [4.69, 9.17) is 5.10 Å². The molecule has 2 rings (SSSR count). The summed E-state index contributed by atoms with van der Waals surface area (Å²) in [7, 11) is 0. The Labute approximate surface area is 175 Å². The Morgan fingerprint density at radius 2 is 1.76 bits per heavy atom. The maximum Gasteiger partial charge on any atom is 0.315 e. The van der Waals surface area contributed by atoms with Crippen LogP contribution in [0, 0.1) is 0 Å². The molecular formula is C22H39N5O2. The molecule has 1 aliphatic carbocycles. The van der Waals surface area contributed by atoms with E-state index in [2.05, 4.69) is 57.5 Å². The summed E-state index contributed by atoms with van der Waals surface area (Å²) in [6.45, 7) is 13.0. The maximum absolute atomic E-state index is 12.4. The lowest BCUT2D eigenvalue weighted by Crippen LogP contribution is -2.43. The Morgan fingerprint density at radius 1 is 1.10 bits per heavy atom. The minimum Gasteiger partial charge on any atom is -0.338 e. The summed E-state index contributed by atoms with van der Waals surface area (Å²) in [5, 5.41) is 13.6. The van der Waals surface area contributed by atoms with Crippen LogP contribution >= 0.6 is 0 Å². The van der Waals surface area contributed by atoms with Crippen molar-refractivity contribution in [3.05, 3.63) is 11.8 Å². The van der Waals surface area contributed by atoms with Gasteiger partial charge in [0.2, 0.25) is 5.91 Å². The van der Waals surface area contributed by atoms with Gasteiger partial charge in [0.15, 0.2) is 0 Å². The zero-order valence-corrected chi connectivity index (χ0v) is 19.0. The van der Waals surface area contributed by atoms with E-state index in [0.717, 1.165) is 24.4 Å². The normalized spacial score (nSPS) is 15.8. The van der Waals surface area contributed by atoms with E-state index >= 15 is 0 Å². The summed E-state index contributed by atoms with van der Waals surface area (Å²) >= 11 is 0. The maximum atomic E-state index is 12.4. The summed E-state index contributed by atoms with van der Waals surface area (Å²) in [4.78, 5) is 24.4. The van der Waals surface area contributed by atoms with Gasteiger partial charge in [0.1, 0.15) is 5.82 Å². The van der Waals surface area contributed by atoms with Gasteiger partial charge in [-0.2, -0.15) is 5.10 Å². The SMILES string of the molecule is CC(C)(C)c1cc(NC(=O)CCCNC(=O)NC2CCCCC2)n(C(C)(C)C)n1. The Balaban J connectivity index is 1.80. The van der Waals surface area contributed by atoms with Gasteiger partial charge in [-0.1, -0.05) is 40.0 Å². The highest BCUT2D eigenvalue weighted by Crippen LogP contribution is 2.28. The molecule has 7 nitrogen and oxygen atoms in total. The average Bonchev–Trinajstić information content (AvgIpc) is 3.04. The van der Waals surface area contributed by atoms with Crippen molar-refractivity contribution in [1.29, 1.82) is 0 Å². The van der Waals surface area contributed by atoms with Crippen LogP contribution in [0.1, 0.15) is 92.2 Å². The van der Waals surface area contributed by atoms with Crippen molar-refractivity contribution >= 4 is 17.8 Å². The summed E-state index contributed by atoms with van der Waals surface area (Å²) < 4.78 is 1.88. The molecule has 1 saturated carbocycles. The van der Waals surface area contributed by atoms with E-state index < -0.39 is 0 Å². The summed E-state index contributed by atoms with van der Waals surface area (Å²) in [6.07, 6.45) is 6.71. The molecule has 1 aromatic rings. The molecule has 7 heteroatoms. The number of aromatic nitrogens is 2. The monoisotopic (exact) mass is 405 g/mol. The van der Waals surface area contributed by atoms with Crippen LogP contribution < -0.4 is 16.0 Å². The number of rotatable bonds is 6. The van der Waals surface area contributed by atoms with Crippen LogP contribution in [0.25, 0.3) is 0 Å². The first-order valence-electron chi connectivity index (χ1n) is 10.9. The van der Waals surface area contributed by atoms with E-state index in [1.54, 1.807) is 0 Å². The average molecular weight is 406 g/mol. The Kier molecular flexibility index (Phi) is 7.72. The largest absolute Gasteiger partial charge is 0.338 e. The molecule has 29 heavy (non-hydrogen) atoms. The van der Waals surface area contributed by atoms with Gasteiger partial charge in [-0.3, -0.25) is 4.79 Å². The molecule has 1 aliphatic rings. The van der Waals surface area contributed by atoms with Crippen LogP contribution in [0.2, 0.25) is 0 Å².